The van der Waals surface area contributed by atoms with Gasteiger partial charge in [-0.1, -0.05) is 129 Å². The highest BCUT2D eigenvalue weighted by molar-refractivity contribution is 7.99. The molecule has 2 fully saturated rings. The Balaban J connectivity index is 1.21. The number of nitrogens with zero attached hydrogens (tertiary/aromatic N) is 2. The molecule has 0 unspecified atom stereocenters. The van der Waals surface area contributed by atoms with Crippen LogP contribution in [0.1, 0.15) is 216 Å². The molecule has 4 N–H and O–H groups in total. The van der Waals surface area contributed by atoms with Crippen LogP contribution >= 0.6 is 23.5 Å². The molecule has 6 amide bonds. The number of imide groups is 2. The van der Waals surface area contributed by atoms with Crippen LogP contribution in [0.15, 0.2) is 46.2 Å². The van der Waals surface area contributed by atoms with Gasteiger partial charge in [-0.05, 0) is 104 Å². The van der Waals surface area contributed by atoms with Gasteiger partial charge in [-0.15, -0.1) is 23.5 Å². The Morgan fingerprint density at radius 1 is 0.610 bits per heavy atom. The first kappa shape index (κ1) is 56.5. The van der Waals surface area contributed by atoms with E-state index in [-0.39, 0.29) is 47.4 Å². The van der Waals surface area contributed by atoms with Crippen molar-refractivity contribution >= 4 is 108 Å². The van der Waals surface area contributed by atoms with Crippen LogP contribution in [0.2, 0.25) is 0 Å². The summed E-state index contributed by atoms with van der Waals surface area (Å²) in [6.07, 6.45) is 21.0. The van der Waals surface area contributed by atoms with Crippen molar-refractivity contribution in [2.45, 2.75) is 209 Å². The van der Waals surface area contributed by atoms with Crippen LogP contribution in [0.25, 0.3) is 43.1 Å². The van der Waals surface area contributed by atoms with Gasteiger partial charge in [-0.2, -0.15) is 0 Å². The number of carboxylic acid groups (broad SMARTS) is 1. The van der Waals surface area contributed by atoms with Crippen molar-refractivity contribution in [1.29, 1.82) is 0 Å². The van der Waals surface area contributed by atoms with Gasteiger partial charge in [-0.25, -0.2) is 0 Å². The maximum absolute atomic E-state index is 15.5. The Morgan fingerprint density at radius 2 is 1.13 bits per heavy atom. The lowest BCUT2D eigenvalue weighted by atomic mass is 9.81. The molecule has 412 valence electrons. The molecular weight excluding hydrogens is 1010 g/mol. The average molecular weight is 1090 g/mol. The van der Waals surface area contributed by atoms with Crippen LogP contribution in [0.4, 0.5) is 0 Å². The highest BCUT2D eigenvalue weighted by Crippen LogP contribution is 2.52. The zero-order valence-electron chi connectivity index (χ0n) is 45.6. The number of hydrogen-bond donors (Lipinski definition) is 4. The summed E-state index contributed by atoms with van der Waals surface area (Å²) >= 11 is 3.35. The van der Waals surface area contributed by atoms with Gasteiger partial charge in [0.05, 0.1) is 12.1 Å². The monoisotopic (exact) mass is 1090 g/mol. The van der Waals surface area contributed by atoms with E-state index in [9.17, 15) is 19.5 Å². The molecule has 0 bridgehead atoms. The summed E-state index contributed by atoms with van der Waals surface area (Å²) in [5.41, 5.74) is 1.45. The van der Waals surface area contributed by atoms with E-state index < -0.39 is 42.2 Å². The van der Waals surface area contributed by atoms with Crippen LogP contribution in [-0.2, 0) is 14.4 Å². The van der Waals surface area contributed by atoms with Crippen LogP contribution in [0, 0.1) is 0 Å². The van der Waals surface area contributed by atoms with Crippen molar-refractivity contribution in [3.05, 3.63) is 58.7 Å². The number of carbonyl (C=O) groups excluding carboxylic acids is 6. The molecule has 1 saturated heterocycles. The van der Waals surface area contributed by atoms with Gasteiger partial charge in [0, 0.05) is 83.4 Å². The minimum absolute atomic E-state index is 0.0830. The maximum atomic E-state index is 15.5. The molecule has 1 aliphatic carbocycles. The predicted octanol–water partition coefficient (Wildman–Crippen LogP) is 12.9. The Labute approximate surface area is 462 Å². The first-order valence-electron chi connectivity index (χ1n) is 29.3. The first-order valence-corrected chi connectivity index (χ1v) is 31.3. The van der Waals surface area contributed by atoms with Crippen molar-refractivity contribution in [2.75, 3.05) is 24.6 Å². The van der Waals surface area contributed by atoms with Crippen LogP contribution in [0.5, 0.6) is 0 Å². The standard InChI is InChI=1S/C62H79N5O8S2/c1-4-7-10-13-15-20-34-76-48-36-42-51-40(59(72)66(61(42)74)46-25-18-17-23-44(46)65-57(70)45-24-22-33-63-45)28-26-38-54-49(77-35-21-16-14-11-8-5-2)37-43-52-41(29-27-39(56(52)54)53(48)55(38)51)60(73)67(62(43)75)47(30-31-50(68)69)58(71)64-32-19-12-9-6-3/h26-29,36-37,44-47,63H,4-25,30-35H2,1-3H3,(H,64,71)(H,65,70)(H,68,69)/t44-,45+,46-,47-/m1/s1. The Morgan fingerprint density at radius 3 is 1.70 bits per heavy atom. The highest BCUT2D eigenvalue weighted by Gasteiger charge is 2.45. The third-order valence-electron chi connectivity index (χ3n) is 16.7. The topological polar surface area (TPSA) is 182 Å². The zero-order chi connectivity index (χ0) is 54.2. The van der Waals surface area contributed by atoms with E-state index in [2.05, 4.69) is 36.7 Å². The number of carbonyl (C=O) groups is 7. The fraction of sp³-hybridized carbons (Fsp3) is 0.565. The zero-order valence-corrected chi connectivity index (χ0v) is 47.2. The fourth-order valence-electron chi connectivity index (χ4n) is 12.7. The molecule has 77 heavy (non-hydrogen) atoms. The van der Waals surface area contributed by atoms with Crippen LogP contribution < -0.4 is 16.0 Å². The molecule has 15 heteroatoms. The summed E-state index contributed by atoms with van der Waals surface area (Å²) in [4.78, 5) is 105. The molecule has 0 spiro atoms. The maximum Gasteiger partial charge on any atom is 0.303 e. The lowest BCUT2D eigenvalue weighted by Crippen LogP contribution is -2.59. The SMILES string of the molecule is CCCCCCCCSc1cc2c3c(ccc4c5c(SCCCCCCCC)cc6c7c(ccc(c1c34)c75)C(=O)N([C@@H]1CCCC[C@H]1NC(=O)[C@@H]1CCCN1)C6=O)C(=O)N([C@H](CCC(=O)O)C(=O)NCCCCCC)C2=O. The molecule has 3 heterocycles. The highest BCUT2D eigenvalue weighted by atomic mass is 32.2. The molecule has 0 radical (unpaired) electrons. The average Bonchev–Trinajstić information content (AvgIpc) is 4.10. The van der Waals surface area contributed by atoms with Crippen molar-refractivity contribution < 1.29 is 38.7 Å². The number of rotatable bonds is 29. The van der Waals surface area contributed by atoms with Gasteiger partial charge >= 0.3 is 5.97 Å². The number of benzene rings is 5. The van der Waals surface area contributed by atoms with E-state index in [1.54, 1.807) is 29.6 Å². The summed E-state index contributed by atoms with van der Waals surface area (Å²) in [5.74, 6) is -2.22. The Kier molecular flexibility index (Phi) is 19.2. The second kappa shape index (κ2) is 26.1. The lowest BCUT2D eigenvalue weighted by molar-refractivity contribution is -0.137. The molecular formula is C62H79N5O8S2. The second-order valence-electron chi connectivity index (χ2n) is 22.0. The summed E-state index contributed by atoms with van der Waals surface area (Å²) < 4.78 is 0. The third-order valence-corrected chi connectivity index (χ3v) is 18.9. The quantitative estimate of drug-likeness (QED) is 0.0118. The van der Waals surface area contributed by atoms with Crippen LogP contribution in [0.3, 0.4) is 0 Å². The minimum atomic E-state index is -1.34. The van der Waals surface area contributed by atoms with Crippen molar-refractivity contribution in [3.63, 3.8) is 0 Å². The lowest BCUT2D eigenvalue weighted by Gasteiger charge is -2.41. The third kappa shape index (κ3) is 11.7. The Bertz CT molecular complexity index is 3020. The first-order chi connectivity index (χ1) is 37.5. The summed E-state index contributed by atoms with van der Waals surface area (Å²) in [6, 6.07) is 8.86. The molecule has 5 aromatic carbocycles. The van der Waals surface area contributed by atoms with E-state index in [0.717, 1.165) is 174 Å². The van der Waals surface area contributed by atoms with Gasteiger partial charge in [-0.3, -0.25) is 43.4 Å². The van der Waals surface area contributed by atoms with E-state index >= 15 is 19.2 Å². The number of thioether (sulfide) groups is 2. The molecule has 13 nitrogen and oxygen atoms in total. The largest absolute Gasteiger partial charge is 0.481 e. The molecule has 4 aliphatic rings. The molecule has 9 rings (SSSR count). The van der Waals surface area contributed by atoms with Gasteiger partial charge in [0.2, 0.25) is 11.8 Å². The van der Waals surface area contributed by atoms with Gasteiger partial charge in [0.1, 0.15) is 6.04 Å². The van der Waals surface area contributed by atoms with Gasteiger partial charge in [0.25, 0.3) is 23.6 Å². The molecule has 4 atom stereocenters. The van der Waals surface area contributed by atoms with Crippen molar-refractivity contribution in [2.24, 2.45) is 0 Å². The van der Waals surface area contributed by atoms with Gasteiger partial charge < -0.3 is 21.1 Å². The number of aliphatic carboxylic acids is 1. The van der Waals surface area contributed by atoms with Gasteiger partial charge in [0.15, 0.2) is 0 Å². The number of amides is 6. The summed E-state index contributed by atoms with van der Waals surface area (Å²) in [7, 11) is 0. The normalized spacial score (nSPS) is 18.9. The number of hydrogen-bond acceptors (Lipinski definition) is 10. The number of nitrogens with one attached hydrogen (secondary N) is 3. The van der Waals surface area contributed by atoms with E-state index in [1.807, 2.05) is 30.3 Å². The molecule has 3 aliphatic heterocycles. The molecule has 5 aromatic rings. The van der Waals surface area contributed by atoms with Crippen LogP contribution in [-0.4, -0.2) is 105 Å². The minimum Gasteiger partial charge on any atom is -0.481 e. The molecule has 1 saturated carbocycles. The number of carboxylic acids is 1. The molecule has 0 aromatic heterocycles. The summed E-state index contributed by atoms with van der Waals surface area (Å²) in [6.45, 7) is 7.64. The van der Waals surface area contributed by atoms with E-state index in [1.165, 1.54) is 24.2 Å². The fourth-order valence-corrected chi connectivity index (χ4v) is 14.9. The van der Waals surface area contributed by atoms with Crippen molar-refractivity contribution in [3.8, 4) is 0 Å². The van der Waals surface area contributed by atoms with E-state index in [4.69, 9.17) is 0 Å². The number of fused-ring (bicyclic) bond motifs is 2. The second-order valence-corrected chi connectivity index (χ2v) is 24.3. The number of unbranched alkanes of at least 4 members (excludes halogenated alkanes) is 13. The van der Waals surface area contributed by atoms with E-state index in [0.29, 0.717) is 41.3 Å². The van der Waals surface area contributed by atoms with Crippen molar-refractivity contribution in [1.82, 2.24) is 25.8 Å². The summed E-state index contributed by atoms with van der Waals surface area (Å²) in [5, 5.41) is 25.4. The smallest absolute Gasteiger partial charge is 0.303 e. The Hall–Kier alpha value is -5.25. The predicted molar refractivity (Wildman–Crippen MR) is 310 cm³/mol.